The Balaban J connectivity index is 2.00. The van der Waals surface area contributed by atoms with Gasteiger partial charge >= 0.3 is 7.82 Å². The van der Waals surface area contributed by atoms with Crippen LogP contribution in [0.25, 0.3) is 0 Å². The van der Waals surface area contributed by atoms with Crippen molar-refractivity contribution in [1.82, 2.24) is 9.55 Å². The lowest BCUT2D eigenvalue weighted by Gasteiger charge is -2.33. The Kier molecular flexibility index (Phi) is 3.45. The summed E-state index contributed by atoms with van der Waals surface area (Å²) < 4.78 is 28.1. The summed E-state index contributed by atoms with van der Waals surface area (Å²) >= 11 is 5.03. The largest absolute Gasteiger partial charge is 0.472 e. The topological polar surface area (TPSA) is 123 Å². The van der Waals surface area contributed by atoms with E-state index in [-0.39, 0.29) is 16.9 Å². The molecule has 21 heavy (non-hydrogen) atoms. The predicted octanol–water partition coefficient (Wildman–Crippen LogP) is 0.0701. The standard InChI is InChI=1S/C10H13N2O7PS/c1-10(14)7-5(4-17-20(15,16)19-7)18-8(10)12-3-2-6(13)11-9(12)21/h2-3,5,7-8,14H,4H2,1H3,(H,15,16)(H,11,13,21)/t5?,7-,8?,10?/m0/s1. The minimum Gasteiger partial charge on any atom is -0.383 e. The summed E-state index contributed by atoms with van der Waals surface area (Å²) in [5.74, 6) is 0. The number of ether oxygens (including phenoxy) is 1. The maximum absolute atomic E-state index is 11.5. The van der Waals surface area contributed by atoms with E-state index in [2.05, 4.69) is 9.51 Å². The molecule has 0 spiro atoms. The summed E-state index contributed by atoms with van der Waals surface area (Å²) in [5.41, 5.74) is -2.02. The van der Waals surface area contributed by atoms with Crippen molar-refractivity contribution in [2.75, 3.05) is 6.61 Å². The molecule has 2 aliphatic rings. The molecule has 1 aromatic heterocycles. The fraction of sp³-hybridized carbons (Fsp3) is 0.600. The molecule has 3 rings (SSSR count). The van der Waals surface area contributed by atoms with Gasteiger partial charge in [-0.15, -0.1) is 0 Å². The van der Waals surface area contributed by atoms with Gasteiger partial charge in [0.05, 0.1) is 6.61 Å². The third-order valence-corrected chi connectivity index (χ3v) is 4.75. The van der Waals surface area contributed by atoms with Gasteiger partial charge in [0.2, 0.25) is 0 Å². The lowest BCUT2D eigenvalue weighted by Crippen LogP contribution is -2.47. The van der Waals surface area contributed by atoms with E-state index in [0.29, 0.717) is 0 Å². The summed E-state index contributed by atoms with van der Waals surface area (Å²) in [6, 6.07) is 1.23. The van der Waals surface area contributed by atoms with E-state index >= 15 is 0 Å². The maximum Gasteiger partial charge on any atom is 0.472 e. The van der Waals surface area contributed by atoms with E-state index in [9.17, 15) is 19.4 Å². The van der Waals surface area contributed by atoms with Crippen LogP contribution in [0.15, 0.2) is 17.1 Å². The van der Waals surface area contributed by atoms with Crippen molar-refractivity contribution < 1.29 is 28.3 Å². The molecule has 2 fully saturated rings. The number of phosphoric acid groups is 1. The molecule has 3 N–H and O–H groups in total. The van der Waals surface area contributed by atoms with Crippen molar-refractivity contribution in [2.24, 2.45) is 0 Å². The number of phosphoric ester groups is 1. The second kappa shape index (κ2) is 4.82. The molecule has 4 unspecified atom stereocenters. The van der Waals surface area contributed by atoms with Crippen molar-refractivity contribution in [2.45, 2.75) is 31.0 Å². The van der Waals surface area contributed by atoms with Gasteiger partial charge in [-0.25, -0.2) is 4.57 Å². The van der Waals surface area contributed by atoms with Crippen LogP contribution in [0.3, 0.4) is 0 Å². The molecule has 0 aliphatic carbocycles. The monoisotopic (exact) mass is 336 g/mol. The van der Waals surface area contributed by atoms with Crippen LogP contribution in [0.1, 0.15) is 13.2 Å². The van der Waals surface area contributed by atoms with E-state index in [4.69, 9.17) is 21.5 Å². The molecule has 9 nitrogen and oxygen atoms in total. The summed E-state index contributed by atoms with van der Waals surface area (Å²) in [6.45, 7) is 1.21. The Labute approximate surface area is 123 Å². The first-order valence-corrected chi connectivity index (χ1v) is 7.96. The Hall–Kier alpha value is -0.870. The smallest absolute Gasteiger partial charge is 0.383 e. The molecule has 0 amide bonds. The number of nitrogens with one attached hydrogen (secondary N) is 1. The van der Waals surface area contributed by atoms with Crippen molar-refractivity contribution in [3.8, 4) is 0 Å². The lowest BCUT2D eigenvalue weighted by atomic mass is 9.96. The zero-order valence-corrected chi connectivity index (χ0v) is 12.5. The van der Waals surface area contributed by atoms with Crippen LogP contribution in [-0.2, 0) is 18.3 Å². The van der Waals surface area contributed by atoms with Gasteiger partial charge in [0, 0.05) is 12.3 Å². The van der Waals surface area contributed by atoms with E-state index in [1.54, 1.807) is 0 Å². The Bertz CT molecular complexity index is 729. The fourth-order valence-corrected chi connectivity index (χ4v) is 3.78. The minimum absolute atomic E-state index is 0.0551. The molecule has 0 bridgehead atoms. The zero-order chi connectivity index (χ0) is 15.4. The first-order chi connectivity index (χ1) is 9.71. The zero-order valence-electron chi connectivity index (χ0n) is 10.8. The highest BCUT2D eigenvalue weighted by Gasteiger charge is 2.59. The van der Waals surface area contributed by atoms with Gasteiger partial charge in [-0.1, -0.05) is 0 Å². The van der Waals surface area contributed by atoms with Gasteiger partial charge < -0.3 is 14.7 Å². The van der Waals surface area contributed by atoms with Gasteiger partial charge in [-0.05, 0) is 19.1 Å². The molecule has 2 saturated heterocycles. The van der Waals surface area contributed by atoms with Gasteiger partial charge in [0.15, 0.2) is 11.0 Å². The molecule has 11 heteroatoms. The molecule has 1 aromatic rings. The number of aliphatic hydroxyl groups is 1. The van der Waals surface area contributed by atoms with Crippen molar-refractivity contribution in [3.63, 3.8) is 0 Å². The first kappa shape index (κ1) is 15.0. The predicted molar refractivity (Wildman–Crippen MR) is 71.1 cm³/mol. The second-order valence-electron chi connectivity index (χ2n) is 5.06. The lowest BCUT2D eigenvalue weighted by molar-refractivity contribution is -0.0927. The van der Waals surface area contributed by atoms with Crippen LogP contribution in [-0.4, -0.2) is 44.0 Å². The Morgan fingerprint density at radius 1 is 1.62 bits per heavy atom. The number of hydrogen-bond acceptors (Lipinski definition) is 7. The van der Waals surface area contributed by atoms with Crippen molar-refractivity contribution in [3.05, 3.63) is 27.4 Å². The van der Waals surface area contributed by atoms with Crippen LogP contribution in [0.5, 0.6) is 0 Å². The highest BCUT2D eigenvalue weighted by Crippen LogP contribution is 2.55. The van der Waals surface area contributed by atoms with Gasteiger partial charge in [0.25, 0.3) is 5.56 Å². The SMILES string of the molecule is CC1(O)C(n2ccc(=O)[nH]c2=S)OC2COP(=O)(O)O[C@@H]21. The molecule has 0 radical (unpaired) electrons. The third kappa shape index (κ3) is 2.53. The molecule has 0 saturated carbocycles. The number of fused-ring (bicyclic) bond motifs is 1. The summed E-state index contributed by atoms with van der Waals surface area (Å²) in [5, 5.41) is 10.6. The Morgan fingerprint density at radius 3 is 3.00 bits per heavy atom. The van der Waals surface area contributed by atoms with Crippen LogP contribution in [0, 0.1) is 4.77 Å². The number of rotatable bonds is 1. The molecular weight excluding hydrogens is 323 g/mol. The van der Waals surface area contributed by atoms with Crippen molar-refractivity contribution in [1.29, 1.82) is 0 Å². The van der Waals surface area contributed by atoms with Crippen LogP contribution >= 0.6 is 20.0 Å². The van der Waals surface area contributed by atoms with E-state index < -0.39 is 31.9 Å². The molecular formula is C10H13N2O7PS. The van der Waals surface area contributed by atoms with E-state index in [1.807, 2.05) is 0 Å². The number of H-pyrrole nitrogens is 1. The van der Waals surface area contributed by atoms with Crippen LogP contribution in [0.2, 0.25) is 0 Å². The maximum atomic E-state index is 11.5. The Morgan fingerprint density at radius 2 is 2.33 bits per heavy atom. The summed E-state index contributed by atoms with van der Waals surface area (Å²) in [7, 11) is -4.21. The third-order valence-electron chi connectivity index (χ3n) is 3.47. The van der Waals surface area contributed by atoms with Gasteiger partial charge in [0.1, 0.15) is 17.8 Å². The highest BCUT2D eigenvalue weighted by molar-refractivity contribution is 7.71. The minimum atomic E-state index is -4.21. The number of hydrogen-bond donors (Lipinski definition) is 3. The summed E-state index contributed by atoms with van der Waals surface area (Å²) in [6.07, 6.45) is -1.40. The van der Waals surface area contributed by atoms with E-state index in [1.165, 1.54) is 23.8 Å². The van der Waals surface area contributed by atoms with E-state index in [0.717, 1.165) is 0 Å². The van der Waals surface area contributed by atoms with Crippen LogP contribution < -0.4 is 5.56 Å². The summed E-state index contributed by atoms with van der Waals surface area (Å²) in [4.78, 5) is 23.0. The number of nitrogens with zero attached hydrogens (tertiary/aromatic N) is 1. The normalized spacial score (nSPS) is 42.7. The van der Waals surface area contributed by atoms with Crippen LogP contribution in [0.4, 0.5) is 0 Å². The molecule has 3 heterocycles. The average Bonchev–Trinajstić information content (AvgIpc) is 2.61. The molecule has 116 valence electrons. The first-order valence-electron chi connectivity index (χ1n) is 6.06. The molecule has 0 aromatic carbocycles. The molecule has 5 atom stereocenters. The van der Waals surface area contributed by atoms with Crippen molar-refractivity contribution >= 4 is 20.0 Å². The highest BCUT2D eigenvalue weighted by atomic mass is 32.1. The van der Waals surface area contributed by atoms with Gasteiger partial charge in [-0.3, -0.25) is 23.4 Å². The number of aromatic nitrogens is 2. The van der Waals surface area contributed by atoms with Gasteiger partial charge in [-0.2, -0.15) is 0 Å². The molecule has 2 aliphatic heterocycles. The fourth-order valence-electron chi connectivity index (χ4n) is 2.49. The second-order valence-corrected chi connectivity index (χ2v) is 6.85. The number of aromatic amines is 1. The quantitative estimate of drug-likeness (QED) is 0.486. The average molecular weight is 336 g/mol.